The van der Waals surface area contributed by atoms with E-state index in [1.807, 2.05) is 78.6 Å². The standard InChI is InChI=1S/C23H23ClN8S.C18H19IN6.C12H17N3.C6H3ClIN3.C5H5ClN2S.2CH4.B3.Na/c24-18-16(2-6-28-20(18)26)33-17-13-30-22(32-10-7-29-21(17)32)31-8-3-23(4-9-31)11-14-12-27-5-1-15(14)19(23)25;19-14-11-23-17(25-8-5-22-16(14)25)24-6-2-18(3-7-24)9-12-10-21-4-1-13(12)15(18)20;13-11-10-1-4-15-8-9(10)7-12(11)2-5-14-6-3-12;7-6-10-3-4(8)5-9-1-2-11(5)6;6-4-3(9)1-2-8-5(4)7;;;1-3-2;/h1-2,5-7,10,12-13,19H,3-4,8-9,11,25H2,(H2,26,28);1,4-5,8,10-11,15H,2-3,6-7,9,20H2;1,4,8,11,14H,2-3,5-7,13H2;1-3H;1-2H,(H3,7,8,9);2*1H4;;/q;;;;;;;;+1/p-1/t19-;15-;11-;;;;;;/m111....../s1. The molecule has 11 aromatic heterocycles. The third kappa shape index (κ3) is 16.4. The number of fused-ring (bicyclic) bond motifs is 6. The number of nitrogens with two attached hydrogens (primary N) is 5. The van der Waals surface area contributed by atoms with Gasteiger partial charge < -0.3 is 56.4 Å². The molecule has 22 nitrogen and oxygen atoms in total. The van der Waals surface area contributed by atoms with E-state index in [4.69, 9.17) is 81.1 Å². The van der Waals surface area contributed by atoms with E-state index < -0.39 is 0 Å². The quantitative estimate of drug-likeness (QED) is 0.0426. The van der Waals surface area contributed by atoms with Crippen LogP contribution in [0.5, 0.6) is 0 Å². The van der Waals surface area contributed by atoms with Crippen LogP contribution < -0.4 is 73.3 Å². The van der Waals surface area contributed by atoms with Gasteiger partial charge in [0.1, 0.15) is 11.6 Å². The number of anilines is 4. The van der Waals surface area contributed by atoms with Crippen molar-refractivity contribution in [2.75, 3.05) is 60.5 Å². The molecular weight excluding hydrogens is 1580 g/mol. The number of hydrogen-bond acceptors (Lipinski definition) is 21. The number of halogens is 5. The van der Waals surface area contributed by atoms with E-state index in [1.54, 1.807) is 41.5 Å². The number of imidazole rings is 3. The summed E-state index contributed by atoms with van der Waals surface area (Å²) in [7, 11) is 10.0. The van der Waals surface area contributed by atoms with Gasteiger partial charge in [0.15, 0.2) is 16.9 Å². The number of nitrogen functional groups attached to an aromatic ring is 2. The van der Waals surface area contributed by atoms with Gasteiger partial charge in [0, 0.05) is 177 Å². The fourth-order valence-corrected chi connectivity index (χ4v) is 16.7. The first-order valence-corrected chi connectivity index (χ1v) is 35.6. The van der Waals surface area contributed by atoms with Crippen LogP contribution in [0.3, 0.4) is 0 Å². The molecule has 3 aliphatic heterocycles. The van der Waals surface area contributed by atoms with Crippen molar-refractivity contribution in [3.8, 4) is 0 Å². The molecule has 17 rings (SSSR count). The summed E-state index contributed by atoms with van der Waals surface area (Å²) in [6, 6.07) is 10.1. The zero-order valence-corrected chi connectivity index (χ0v) is 63.2. The number of aromatic nitrogens is 14. The van der Waals surface area contributed by atoms with Gasteiger partial charge in [0.25, 0.3) is 0 Å². The predicted octanol–water partition coefficient (Wildman–Crippen LogP) is 7.67. The second-order valence-corrected chi connectivity index (χ2v) is 29.3. The van der Waals surface area contributed by atoms with E-state index in [2.05, 4.69) is 148 Å². The van der Waals surface area contributed by atoms with Crippen molar-refractivity contribution in [1.82, 2.24) is 73.3 Å². The molecule has 14 heterocycles. The van der Waals surface area contributed by atoms with Crippen LogP contribution >= 0.6 is 91.7 Å². The predicted molar refractivity (Wildman–Crippen MR) is 414 cm³/mol. The molecule has 5 radical (unpaired) electrons. The van der Waals surface area contributed by atoms with Crippen molar-refractivity contribution < 1.29 is 29.6 Å². The Bertz CT molecular complexity index is 4490. The van der Waals surface area contributed by atoms with Gasteiger partial charge in [-0.2, -0.15) is 4.90 Å². The molecule has 3 spiro atoms. The first-order chi connectivity index (χ1) is 46.5. The van der Waals surface area contributed by atoms with E-state index >= 15 is 0 Å². The van der Waals surface area contributed by atoms with E-state index in [9.17, 15) is 0 Å². The van der Waals surface area contributed by atoms with Crippen LogP contribution in [0.1, 0.15) is 105 Å². The van der Waals surface area contributed by atoms with Crippen LogP contribution in [-0.4, -0.2) is 130 Å². The van der Waals surface area contributed by atoms with Gasteiger partial charge in [0.05, 0.1) is 22.1 Å². The van der Waals surface area contributed by atoms with Crippen molar-refractivity contribution >= 4 is 167 Å². The summed E-state index contributed by atoms with van der Waals surface area (Å²) in [6.45, 7) is 5.94. The van der Waals surface area contributed by atoms with Crippen molar-refractivity contribution in [1.29, 1.82) is 0 Å². The van der Waals surface area contributed by atoms with Crippen molar-refractivity contribution in [2.24, 2.45) is 33.4 Å². The summed E-state index contributed by atoms with van der Waals surface area (Å²) in [6.07, 6.45) is 41.0. The average molecular weight is 1660 g/mol. The Morgan fingerprint density at radius 3 is 1.36 bits per heavy atom. The van der Waals surface area contributed by atoms with E-state index in [0.29, 0.717) is 37.3 Å². The SMILES string of the molecule is C.C.Clc1ncc(I)c2nccn12.N[C@@H]1c2ccncc2CC12CCN(c1ncc(I)c3nccn13)CC2.N[C@@H]1c2ccncc2CC12CCNCC2.Nc1nccc(Sc2cnc(N3CCC4(CC3)Cc3cnccc3[C@H]4N)n3ccnc23)c1Cl.Nc1nccc([S-])c1Cl.[B][B][B].[Na+]. The molecule has 6 aliphatic rings. The molecule has 99 heavy (non-hydrogen) atoms. The minimum absolute atomic E-state index is 0. The molecule has 3 atom stereocenters. The normalized spacial score (nSPS) is 18.4. The Labute approximate surface area is 654 Å². The third-order valence-corrected chi connectivity index (χ3v) is 23.4. The molecule has 11 aromatic rings. The number of piperidine rings is 3. The summed E-state index contributed by atoms with van der Waals surface area (Å²) in [4.78, 5) is 54.1. The Balaban J connectivity index is 0.000000153. The molecule has 11 N–H and O–H groups in total. The maximum atomic E-state index is 6.73. The van der Waals surface area contributed by atoms with Gasteiger partial charge in [-0.1, -0.05) is 55.9 Å². The van der Waals surface area contributed by atoms with Crippen molar-refractivity contribution in [3.05, 3.63) is 192 Å². The van der Waals surface area contributed by atoms with E-state index in [1.165, 1.54) is 64.2 Å². The number of pyridine rings is 5. The van der Waals surface area contributed by atoms with Gasteiger partial charge in [-0.3, -0.25) is 28.2 Å². The number of rotatable bonds is 4. The summed E-state index contributed by atoms with van der Waals surface area (Å²) >= 11 is 28.4. The molecule has 0 unspecified atom stereocenters. The van der Waals surface area contributed by atoms with Crippen LogP contribution in [0.25, 0.3) is 16.9 Å². The van der Waals surface area contributed by atoms with Gasteiger partial charge in [-0.25, -0.2) is 39.9 Å². The number of hydrogen-bond donors (Lipinski definition) is 6. The van der Waals surface area contributed by atoms with Crippen LogP contribution in [0, 0.1) is 23.4 Å². The van der Waals surface area contributed by atoms with Gasteiger partial charge >= 0.3 is 29.6 Å². The molecule has 3 fully saturated rings. The second-order valence-electron chi connectivity index (χ2n) is 24.4. The minimum atomic E-state index is 0. The van der Waals surface area contributed by atoms with Crippen molar-refractivity contribution in [2.45, 2.75) is 105 Å². The molecule has 33 heteroatoms. The molecular formula is C66H74B3Cl3I2N22NaS2. The third-order valence-electron chi connectivity index (χ3n) is 19.2. The molecule has 3 saturated heterocycles. The first kappa shape index (κ1) is 77.9. The summed E-state index contributed by atoms with van der Waals surface area (Å²) < 4.78 is 7.94. The molecule has 0 amide bonds. The molecule has 505 valence electrons. The fraction of sp³-hybridized carbons (Fsp3) is 0.348. The van der Waals surface area contributed by atoms with Crippen LogP contribution in [0.4, 0.5) is 23.5 Å². The Hall–Kier alpha value is -5.26. The molecule has 0 aromatic carbocycles. The maximum Gasteiger partial charge on any atom is 1.00 e. The fourth-order valence-electron chi connectivity index (χ4n) is 14.1. The number of nitrogens with one attached hydrogen (secondary N) is 1. The Morgan fingerprint density at radius 2 is 0.909 bits per heavy atom. The van der Waals surface area contributed by atoms with E-state index in [-0.39, 0.29) is 73.4 Å². The number of nitrogens with zero attached hydrogens (tertiary/aromatic N) is 16. The molecule has 0 saturated carbocycles. The first-order valence-electron chi connectivity index (χ1n) is 31.1. The summed E-state index contributed by atoms with van der Waals surface area (Å²) in [5, 5.41) is 4.67. The minimum Gasteiger partial charge on any atom is -0.778 e. The summed E-state index contributed by atoms with van der Waals surface area (Å²) in [5.41, 5.74) is 42.1. The largest absolute Gasteiger partial charge is 1.00 e. The molecule has 0 bridgehead atoms. The topological polar surface area (TPSA) is 304 Å². The van der Waals surface area contributed by atoms with E-state index in [0.717, 1.165) is 137 Å². The molecule has 3 aliphatic carbocycles. The Morgan fingerprint density at radius 1 is 0.505 bits per heavy atom. The monoisotopic (exact) mass is 1650 g/mol. The van der Waals surface area contributed by atoms with Gasteiger partial charge in [-0.15, -0.1) is 0 Å². The maximum absolute atomic E-state index is 6.73. The second kappa shape index (κ2) is 34.4. The smallest absolute Gasteiger partial charge is 0.778 e. The zero-order chi connectivity index (χ0) is 67.3. The van der Waals surface area contributed by atoms with Gasteiger partial charge in [0.2, 0.25) is 17.2 Å². The van der Waals surface area contributed by atoms with Crippen molar-refractivity contribution in [3.63, 3.8) is 0 Å². The zero-order valence-electron chi connectivity index (χ0n) is 53.0. The summed E-state index contributed by atoms with van der Waals surface area (Å²) in [5.74, 6) is 2.49. The van der Waals surface area contributed by atoms with Crippen LogP contribution in [0.15, 0.2) is 150 Å². The van der Waals surface area contributed by atoms with Crippen LogP contribution in [0.2, 0.25) is 15.3 Å². The Kier molecular flexibility index (Phi) is 27.0. The average Bonchev–Trinajstić information content (AvgIpc) is 1.62. The van der Waals surface area contributed by atoms with Gasteiger partial charge in [-0.05, 0) is 202 Å². The van der Waals surface area contributed by atoms with Crippen LogP contribution in [-0.2, 0) is 31.9 Å².